The monoisotopic (exact) mass is 422 g/mol. The van der Waals surface area contributed by atoms with E-state index in [9.17, 15) is 9.59 Å². The number of benzene rings is 2. The Bertz CT molecular complexity index is 962. The normalized spacial score (nSPS) is 15.8. The summed E-state index contributed by atoms with van der Waals surface area (Å²) < 4.78 is 16.1. The molecule has 0 aromatic heterocycles. The summed E-state index contributed by atoms with van der Waals surface area (Å²) in [7, 11) is 0. The SMILES string of the molecule is CCOc1ccc(/C=C/C(=O)N2CCC(C(=O)Nc3ccc4c(c3)OCO4)CC2)cc1. The van der Waals surface area contributed by atoms with Crippen molar-refractivity contribution in [1.29, 1.82) is 0 Å². The first-order valence-corrected chi connectivity index (χ1v) is 10.5. The van der Waals surface area contributed by atoms with Gasteiger partial charge in [-0.2, -0.15) is 0 Å². The van der Waals surface area contributed by atoms with Crippen LogP contribution in [0.25, 0.3) is 6.08 Å². The van der Waals surface area contributed by atoms with E-state index in [2.05, 4.69) is 5.32 Å². The van der Waals surface area contributed by atoms with Crippen molar-refractivity contribution in [3.63, 3.8) is 0 Å². The molecule has 31 heavy (non-hydrogen) atoms. The fourth-order valence-corrected chi connectivity index (χ4v) is 3.70. The third kappa shape index (κ3) is 5.17. The van der Waals surface area contributed by atoms with Crippen LogP contribution in [0.15, 0.2) is 48.5 Å². The van der Waals surface area contributed by atoms with Crippen molar-refractivity contribution in [2.75, 3.05) is 31.8 Å². The van der Waals surface area contributed by atoms with Crippen LogP contribution < -0.4 is 19.5 Å². The summed E-state index contributed by atoms with van der Waals surface area (Å²) in [6.45, 7) is 3.89. The Labute approximate surface area is 181 Å². The number of rotatable bonds is 6. The standard InChI is InChI=1S/C24H26N2O5/c1-2-29-20-7-3-17(4-8-20)5-10-23(27)26-13-11-18(12-14-26)24(28)25-19-6-9-21-22(15-19)31-16-30-21/h3-10,15,18H,2,11-14,16H2,1H3,(H,25,28)/b10-5+. The van der Waals surface area contributed by atoms with Gasteiger partial charge in [-0.3, -0.25) is 9.59 Å². The molecule has 162 valence electrons. The molecule has 0 unspecified atom stereocenters. The number of nitrogens with one attached hydrogen (secondary N) is 1. The Morgan fingerprint density at radius 1 is 1.10 bits per heavy atom. The molecule has 2 aliphatic rings. The number of likely N-dealkylation sites (tertiary alicyclic amines) is 1. The molecular weight excluding hydrogens is 396 g/mol. The lowest BCUT2D eigenvalue weighted by atomic mass is 9.95. The van der Waals surface area contributed by atoms with Crippen LogP contribution in [-0.2, 0) is 9.59 Å². The second-order valence-electron chi connectivity index (χ2n) is 7.49. The number of carbonyl (C=O) groups is 2. The number of anilines is 1. The molecule has 7 heteroatoms. The summed E-state index contributed by atoms with van der Waals surface area (Å²) in [6, 6.07) is 13.0. The largest absolute Gasteiger partial charge is 0.494 e. The highest BCUT2D eigenvalue weighted by molar-refractivity contribution is 5.94. The highest BCUT2D eigenvalue weighted by Gasteiger charge is 2.27. The fourth-order valence-electron chi connectivity index (χ4n) is 3.70. The summed E-state index contributed by atoms with van der Waals surface area (Å²) in [4.78, 5) is 26.9. The van der Waals surface area contributed by atoms with Crippen molar-refractivity contribution < 1.29 is 23.8 Å². The Morgan fingerprint density at radius 3 is 2.58 bits per heavy atom. The van der Waals surface area contributed by atoms with E-state index in [0.717, 1.165) is 11.3 Å². The number of piperidine rings is 1. The minimum atomic E-state index is -0.121. The predicted octanol–water partition coefficient (Wildman–Crippen LogP) is 3.70. The first-order chi connectivity index (χ1) is 15.1. The predicted molar refractivity (Wildman–Crippen MR) is 117 cm³/mol. The van der Waals surface area contributed by atoms with Gasteiger partial charge in [0.1, 0.15) is 5.75 Å². The van der Waals surface area contributed by atoms with Gasteiger partial charge in [0.15, 0.2) is 11.5 Å². The van der Waals surface area contributed by atoms with Gasteiger partial charge in [0.2, 0.25) is 18.6 Å². The number of carbonyl (C=O) groups excluding carboxylic acids is 2. The first kappa shape index (κ1) is 20.8. The van der Waals surface area contributed by atoms with Gasteiger partial charge in [-0.25, -0.2) is 0 Å². The summed E-state index contributed by atoms with van der Waals surface area (Å²) in [5.74, 6) is 1.94. The Kier molecular flexibility index (Phi) is 6.40. The zero-order chi connectivity index (χ0) is 21.6. The topological polar surface area (TPSA) is 77.1 Å². The Balaban J connectivity index is 1.25. The van der Waals surface area contributed by atoms with Crippen LogP contribution in [0.4, 0.5) is 5.69 Å². The lowest BCUT2D eigenvalue weighted by molar-refractivity contribution is -0.130. The second kappa shape index (κ2) is 9.55. The number of fused-ring (bicyclic) bond motifs is 1. The number of hydrogen-bond donors (Lipinski definition) is 1. The summed E-state index contributed by atoms with van der Waals surface area (Å²) in [6.07, 6.45) is 4.66. The number of amides is 2. The molecule has 4 rings (SSSR count). The molecule has 7 nitrogen and oxygen atoms in total. The van der Waals surface area contributed by atoms with E-state index in [0.29, 0.717) is 49.7 Å². The van der Waals surface area contributed by atoms with E-state index in [1.165, 1.54) is 0 Å². The maximum Gasteiger partial charge on any atom is 0.246 e. The highest BCUT2D eigenvalue weighted by atomic mass is 16.7. The maximum absolute atomic E-state index is 12.6. The molecular formula is C24H26N2O5. The van der Waals surface area contributed by atoms with Gasteiger partial charge in [-0.1, -0.05) is 12.1 Å². The minimum Gasteiger partial charge on any atom is -0.494 e. The minimum absolute atomic E-state index is 0.0316. The van der Waals surface area contributed by atoms with E-state index in [-0.39, 0.29) is 24.5 Å². The molecule has 0 aliphatic carbocycles. The summed E-state index contributed by atoms with van der Waals surface area (Å²) in [5, 5.41) is 2.94. The summed E-state index contributed by atoms with van der Waals surface area (Å²) in [5.41, 5.74) is 1.63. The highest BCUT2D eigenvalue weighted by Crippen LogP contribution is 2.34. The smallest absolute Gasteiger partial charge is 0.246 e. The molecule has 2 aromatic rings. The lowest BCUT2D eigenvalue weighted by Gasteiger charge is -2.30. The Morgan fingerprint density at radius 2 is 1.84 bits per heavy atom. The average Bonchev–Trinajstić information content (AvgIpc) is 3.26. The molecule has 1 N–H and O–H groups in total. The van der Waals surface area contributed by atoms with Gasteiger partial charge in [-0.15, -0.1) is 0 Å². The maximum atomic E-state index is 12.6. The van der Waals surface area contributed by atoms with Crippen molar-refractivity contribution >= 4 is 23.6 Å². The van der Waals surface area contributed by atoms with Crippen LogP contribution in [0.2, 0.25) is 0 Å². The van der Waals surface area contributed by atoms with Crippen molar-refractivity contribution in [3.8, 4) is 17.2 Å². The average molecular weight is 422 g/mol. The van der Waals surface area contributed by atoms with Gasteiger partial charge in [0, 0.05) is 36.8 Å². The zero-order valence-electron chi connectivity index (χ0n) is 17.5. The third-order valence-corrected chi connectivity index (χ3v) is 5.43. The van der Waals surface area contributed by atoms with Gasteiger partial charge >= 0.3 is 0 Å². The van der Waals surface area contributed by atoms with Crippen molar-refractivity contribution in [3.05, 3.63) is 54.1 Å². The zero-order valence-corrected chi connectivity index (χ0v) is 17.5. The molecule has 0 atom stereocenters. The number of nitrogens with zero attached hydrogens (tertiary/aromatic N) is 1. The fraction of sp³-hybridized carbons (Fsp3) is 0.333. The number of hydrogen-bond acceptors (Lipinski definition) is 5. The van der Waals surface area contributed by atoms with Gasteiger partial charge in [-0.05, 0) is 55.7 Å². The molecule has 0 saturated carbocycles. The van der Waals surface area contributed by atoms with Gasteiger partial charge < -0.3 is 24.4 Å². The van der Waals surface area contributed by atoms with E-state index in [1.54, 1.807) is 35.3 Å². The van der Waals surface area contributed by atoms with Crippen molar-refractivity contribution in [2.45, 2.75) is 19.8 Å². The van der Waals surface area contributed by atoms with Crippen LogP contribution in [0.3, 0.4) is 0 Å². The van der Waals surface area contributed by atoms with Crippen LogP contribution in [-0.4, -0.2) is 43.2 Å². The second-order valence-corrected chi connectivity index (χ2v) is 7.49. The molecule has 2 aliphatic heterocycles. The molecule has 0 radical (unpaired) electrons. The van der Waals surface area contributed by atoms with E-state index < -0.39 is 0 Å². The van der Waals surface area contributed by atoms with Crippen molar-refractivity contribution in [1.82, 2.24) is 4.90 Å². The van der Waals surface area contributed by atoms with Gasteiger partial charge in [0.25, 0.3) is 0 Å². The molecule has 1 fully saturated rings. The number of ether oxygens (including phenoxy) is 3. The van der Waals surface area contributed by atoms with Crippen molar-refractivity contribution in [2.24, 2.45) is 5.92 Å². The molecule has 0 bridgehead atoms. The molecule has 2 aromatic carbocycles. The summed E-state index contributed by atoms with van der Waals surface area (Å²) >= 11 is 0. The van der Waals surface area contributed by atoms with E-state index in [1.807, 2.05) is 31.2 Å². The van der Waals surface area contributed by atoms with Crippen LogP contribution >= 0.6 is 0 Å². The van der Waals surface area contributed by atoms with E-state index >= 15 is 0 Å². The molecule has 2 heterocycles. The lowest BCUT2D eigenvalue weighted by Crippen LogP contribution is -2.40. The third-order valence-electron chi connectivity index (χ3n) is 5.43. The molecule has 0 spiro atoms. The first-order valence-electron chi connectivity index (χ1n) is 10.5. The van der Waals surface area contributed by atoms with Gasteiger partial charge in [0.05, 0.1) is 6.61 Å². The quantitative estimate of drug-likeness (QED) is 0.719. The van der Waals surface area contributed by atoms with Crippen LogP contribution in [0.1, 0.15) is 25.3 Å². The van der Waals surface area contributed by atoms with E-state index in [4.69, 9.17) is 14.2 Å². The Hall–Kier alpha value is -3.48. The molecule has 1 saturated heterocycles. The van der Waals surface area contributed by atoms with Crippen LogP contribution in [0, 0.1) is 5.92 Å². The molecule has 2 amide bonds. The van der Waals surface area contributed by atoms with Crippen LogP contribution in [0.5, 0.6) is 17.2 Å².